The summed E-state index contributed by atoms with van der Waals surface area (Å²) >= 11 is 4.96. The van der Waals surface area contributed by atoms with Gasteiger partial charge in [-0.3, -0.25) is 9.78 Å². The van der Waals surface area contributed by atoms with Crippen LogP contribution in [0, 0.1) is 19.8 Å². The molecule has 1 rings (SSSR count). The van der Waals surface area contributed by atoms with Crippen LogP contribution >= 0.6 is 12.2 Å². The zero-order valence-electron chi connectivity index (χ0n) is 11.2. The van der Waals surface area contributed by atoms with Crippen LogP contribution in [-0.2, 0) is 0 Å². The van der Waals surface area contributed by atoms with Gasteiger partial charge in [0.05, 0.1) is 22.3 Å². The second kappa shape index (κ2) is 5.91. The summed E-state index contributed by atoms with van der Waals surface area (Å²) in [5, 5.41) is 2.85. The number of aryl methyl sites for hydroxylation is 2. The Hall–Kier alpha value is -1.49. The van der Waals surface area contributed by atoms with Crippen LogP contribution in [0.3, 0.4) is 0 Å². The number of nitrogens with zero attached hydrogens (tertiary/aromatic N) is 1. The molecule has 1 amide bonds. The lowest BCUT2D eigenvalue weighted by Crippen LogP contribution is -2.47. The maximum Gasteiger partial charge on any atom is 0.253 e. The van der Waals surface area contributed by atoms with Crippen molar-refractivity contribution in [2.75, 3.05) is 0 Å². The van der Waals surface area contributed by atoms with Crippen molar-refractivity contribution >= 4 is 23.1 Å². The lowest BCUT2D eigenvalue weighted by molar-refractivity contribution is 0.0939. The van der Waals surface area contributed by atoms with Crippen LogP contribution in [0.5, 0.6) is 0 Å². The maximum absolute atomic E-state index is 12.1. The zero-order valence-corrected chi connectivity index (χ0v) is 12.0. The normalized spacial score (nSPS) is 12.3. The summed E-state index contributed by atoms with van der Waals surface area (Å²) < 4.78 is 0. The molecule has 5 heteroatoms. The van der Waals surface area contributed by atoms with Gasteiger partial charge in [-0.1, -0.05) is 26.1 Å². The molecule has 1 atom stereocenters. The molecule has 98 valence electrons. The first-order chi connectivity index (χ1) is 8.32. The molecule has 0 saturated heterocycles. The molecule has 1 heterocycles. The summed E-state index contributed by atoms with van der Waals surface area (Å²) in [6.45, 7) is 7.63. The summed E-state index contributed by atoms with van der Waals surface area (Å²) in [6, 6.07) is 3.28. The van der Waals surface area contributed by atoms with E-state index in [9.17, 15) is 4.79 Å². The number of amides is 1. The minimum absolute atomic E-state index is 0.158. The van der Waals surface area contributed by atoms with E-state index in [0.717, 1.165) is 5.69 Å². The van der Waals surface area contributed by atoms with E-state index in [2.05, 4.69) is 10.3 Å². The molecule has 1 aromatic heterocycles. The van der Waals surface area contributed by atoms with Crippen molar-refractivity contribution in [2.24, 2.45) is 11.7 Å². The fourth-order valence-electron chi connectivity index (χ4n) is 1.71. The van der Waals surface area contributed by atoms with Crippen LogP contribution in [0.2, 0.25) is 0 Å². The molecule has 1 aromatic rings. The van der Waals surface area contributed by atoms with Crippen molar-refractivity contribution < 1.29 is 4.79 Å². The predicted octanol–water partition coefficient (Wildman–Crippen LogP) is 1.74. The van der Waals surface area contributed by atoms with E-state index in [-0.39, 0.29) is 17.9 Å². The van der Waals surface area contributed by atoms with Crippen molar-refractivity contribution in [3.05, 3.63) is 29.1 Å². The van der Waals surface area contributed by atoms with E-state index in [1.54, 1.807) is 6.07 Å². The fraction of sp³-hybridized carbons (Fsp3) is 0.462. The molecule has 4 nitrogen and oxygen atoms in total. The standard InChI is InChI=1S/C13H19N3OS/c1-7(2)11(12(14)18)16-13(17)10-6-5-8(3)15-9(10)4/h5-7,11H,1-4H3,(H2,14,18)(H,16,17). The number of aromatic nitrogens is 1. The van der Waals surface area contributed by atoms with Crippen molar-refractivity contribution in [3.63, 3.8) is 0 Å². The minimum atomic E-state index is -0.298. The number of hydrogen-bond acceptors (Lipinski definition) is 3. The third-order valence-electron chi connectivity index (χ3n) is 2.73. The molecule has 0 bridgehead atoms. The van der Waals surface area contributed by atoms with Crippen molar-refractivity contribution in [2.45, 2.75) is 33.7 Å². The Morgan fingerprint density at radius 2 is 2.00 bits per heavy atom. The van der Waals surface area contributed by atoms with Crippen LogP contribution in [-0.4, -0.2) is 21.9 Å². The molecule has 0 spiro atoms. The second-order valence-electron chi connectivity index (χ2n) is 4.68. The number of rotatable bonds is 4. The van der Waals surface area contributed by atoms with E-state index in [4.69, 9.17) is 18.0 Å². The molecule has 1 unspecified atom stereocenters. The number of nitrogens with two attached hydrogens (primary N) is 1. The van der Waals surface area contributed by atoms with Gasteiger partial charge in [0.15, 0.2) is 0 Å². The minimum Gasteiger partial charge on any atom is -0.392 e. The Morgan fingerprint density at radius 3 is 2.44 bits per heavy atom. The molecule has 0 saturated carbocycles. The molecule has 0 aliphatic rings. The number of nitrogens with one attached hydrogen (secondary N) is 1. The number of carbonyl (C=O) groups is 1. The molecule has 0 radical (unpaired) electrons. The predicted molar refractivity (Wildman–Crippen MR) is 76.6 cm³/mol. The highest BCUT2D eigenvalue weighted by atomic mass is 32.1. The van der Waals surface area contributed by atoms with Gasteiger partial charge in [0.25, 0.3) is 5.91 Å². The molecule has 0 fully saturated rings. The van der Waals surface area contributed by atoms with Crippen LogP contribution in [0.1, 0.15) is 35.6 Å². The average molecular weight is 265 g/mol. The van der Waals surface area contributed by atoms with Gasteiger partial charge in [-0.05, 0) is 31.9 Å². The summed E-state index contributed by atoms with van der Waals surface area (Å²) in [6.07, 6.45) is 0. The summed E-state index contributed by atoms with van der Waals surface area (Å²) in [4.78, 5) is 16.7. The monoisotopic (exact) mass is 265 g/mol. The van der Waals surface area contributed by atoms with Gasteiger partial charge in [0.2, 0.25) is 0 Å². The van der Waals surface area contributed by atoms with Crippen molar-refractivity contribution in [3.8, 4) is 0 Å². The first-order valence-corrected chi connectivity index (χ1v) is 6.28. The number of carbonyl (C=O) groups excluding carboxylic acids is 1. The van der Waals surface area contributed by atoms with E-state index in [1.807, 2.05) is 33.8 Å². The smallest absolute Gasteiger partial charge is 0.253 e. The number of thiocarbonyl (C=S) groups is 1. The van der Waals surface area contributed by atoms with Gasteiger partial charge < -0.3 is 11.1 Å². The Balaban J connectivity index is 2.91. The molecule has 0 aliphatic carbocycles. The summed E-state index contributed by atoms with van der Waals surface area (Å²) in [5.41, 5.74) is 7.78. The quantitative estimate of drug-likeness (QED) is 0.814. The van der Waals surface area contributed by atoms with Crippen LogP contribution in [0.4, 0.5) is 0 Å². The van der Waals surface area contributed by atoms with Gasteiger partial charge in [0, 0.05) is 5.69 Å². The third kappa shape index (κ3) is 3.50. The molecule has 18 heavy (non-hydrogen) atoms. The van der Waals surface area contributed by atoms with Gasteiger partial charge in [-0.15, -0.1) is 0 Å². The highest BCUT2D eigenvalue weighted by Crippen LogP contribution is 2.09. The molecular formula is C13H19N3OS. The highest BCUT2D eigenvalue weighted by molar-refractivity contribution is 7.80. The Labute approximate surface area is 113 Å². The van der Waals surface area contributed by atoms with Gasteiger partial charge >= 0.3 is 0 Å². The molecular weight excluding hydrogens is 246 g/mol. The van der Waals surface area contributed by atoms with E-state index in [1.165, 1.54) is 0 Å². The zero-order chi connectivity index (χ0) is 13.9. The number of pyridine rings is 1. The Bertz CT molecular complexity index is 471. The fourth-order valence-corrected chi connectivity index (χ4v) is 2.04. The van der Waals surface area contributed by atoms with Crippen molar-refractivity contribution in [1.29, 1.82) is 0 Å². The average Bonchev–Trinajstić information content (AvgIpc) is 2.24. The van der Waals surface area contributed by atoms with Gasteiger partial charge in [-0.25, -0.2) is 0 Å². The first kappa shape index (κ1) is 14.6. The van der Waals surface area contributed by atoms with E-state index >= 15 is 0 Å². The number of hydrogen-bond donors (Lipinski definition) is 2. The molecule has 0 aromatic carbocycles. The Kier molecular flexibility index (Phi) is 4.78. The summed E-state index contributed by atoms with van der Waals surface area (Å²) in [5.74, 6) is -0.0309. The summed E-state index contributed by atoms with van der Waals surface area (Å²) in [7, 11) is 0. The Morgan fingerprint density at radius 1 is 1.39 bits per heavy atom. The lowest BCUT2D eigenvalue weighted by atomic mass is 10.0. The van der Waals surface area contributed by atoms with Gasteiger partial charge in [0.1, 0.15) is 0 Å². The topological polar surface area (TPSA) is 68.0 Å². The lowest BCUT2D eigenvalue weighted by Gasteiger charge is -2.21. The van der Waals surface area contributed by atoms with Crippen LogP contribution in [0.25, 0.3) is 0 Å². The maximum atomic E-state index is 12.1. The van der Waals surface area contributed by atoms with Gasteiger partial charge in [-0.2, -0.15) is 0 Å². The van der Waals surface area contributed by atoms with Crippen LogP contribution in [0.15, 0.2) is 12.1 Å². The van der Waals surface area contributed by atoms with E-state index < -0.39 is 0 Å². The SMILES string of the molecule is Cc1ccc(C(=O)NC(C(N)=S)C(C)C)c(C)n1. The second-order valence-corrected chi connectivity index (χ2v) is 5.15. The first-order valence-electron chi connectivity index (χ1n) is 5.87. The van der Waals surface area contributed by atoms with Crippen molar-refractivity contribution in [1.82, 2.24) is 10.3 Å². The van der Waals surface area contributed by atoms with Crippen LogP contribution < -0.4 is 11.1 Å². The largest absolute Gasteiger partial charge is 0.392 e. The highest BCUT2D eigenvalue weighted by Gasteiger charge is 2.20. The molecule has 3 N–H and O–H groups in total. The third-order valence-corrected chi connectivity index (χ3v) is 2.98. The van der Waals surface area contributed by atoms with E-state index in [0.29, 0.717) is 16.2 Å². The molecule has 0 aliphatic heterocycles.